The Bertz CT molecular complexity index is 406. The smallest absolute Gasteiger partial charge is 0.361 e. The van der Waals surface area contributed by atoms with Crippen LogP contribution in [0, 0.1) is 6.92 Å². The number of benzene rings is 1. The fraction of sp³-hybridized carbons (Fsp3) is 0.571. The van der Waals surface area contributed by atoms with E-state index in [9.17, 15) is 4.57 Å². The second-order valence-electron chi connectivity index (χ2n) is 4.09. The summed E-state index contributed by atoms with van der Waals surface area (Å²) in [6.07, 6.45) is 0. The van der Waals surface area contributed by atoms with E-state index in [4.69, 9.17) is 13.8 Å². The molecule has 1 rings (SSSR count). The van der Waals surface area contributed by atoms with Crippen LogP contribution in [-0.2, 0) is 18.3 Å². The van der Waals surface area contributed by atoms with Gasteiger partial charge in [-0.1, -0.05) is 29.8 Å². The van der Waals surface area contributed by atoms with Crippen molar-refractivity contribution in [3.05, 3.63) is 35.4 Å². The number of hydrogen-bond acceptors (Lipinski definition) is 4. The van der Waals surface area contributed by atoms with Gasteiger partial charge in [0.15, 0.2) is 5.85 Å². The Morgan fingerprint density at radius 2 is 1.53 bits per heavy atom. The van der Waals surface area contributed by atoms with Crippen molar-refractivity contribution in [1.82, 2.24) is 0 Å². The molecule has 19 heavy (non-hydrogen) atoms. The fourth-order valence-electron chi connectivity index (χ4n) is 1.79. The van der Waals surface area contributed by atoms with Crippen molar-refractivity contribution in [2.75, 3.05) is 19.8 Å². The molecule has 0 heterocycles. The molecule has 108 valence electrons. The second kappa shape index (κ2) is 7.81. The fourth-order valence-corrected chi connectivity index (χ4v) is 3.73. The van der Waals surface area contributed by atoms with Gasteiger partial charge in [0.1, 0.15) is 0 Å². The normalized spacial score (nSPS) is 13.5. The van der Waals surface area contributed by atoms with Crippen LogP contribution in [0.5, 0.6) is 0 Å². The summed E-state index contributed by atoms with van der Waals surface area (Å²) < 4.78 is 29.2. The molecule has 4 nitrogen and oxygen atoms in total. The van der Waals surface area contributed by atoms with E-state index in [2.05, 4.69) is 0 Å². The minimum atomic E-state index is -3.31. The standard InChI is InChI=1S/C14H23O4P/c1-5-16-14(13-10-8-12(4)9-11-13)19(15,17-6-2)18-7-3/h8-11,14H,5-7H2,1-4H3/t14-/m1/s1. The van der Waals surface area contributed by atoms with Crippen molar-refractivity contribution in [2.45, 2.75) is 33.5 Å². The lowest BCUT2D eigenvalue weighted by molar-refractivity contribution is 0.0782. The van der Waals surface area contributed by atoms with Gasteiger partial charge >= 0.3 is 7.60 Å². The minimum Gasteiger partial charge on any atom is -0.361 e. The van der Waals surface area contributed by atoms with E-state index in [-0.39, 0.29) is 0 Å². The SMILES string of the molecule is CCO[C@@H](c1ccc(C)cc1)P(=O)(OCC)OCC. The molecule has 0 saturated carbocycles. The number of rotatable bonds is 8. The van der Waals surface area contributed by atoms with Crippen molar-refractivity contribution >= 4 is 7.60 Å². The van der Waals surface area contributed by atoms with Gasteiger partial charge in [-0.2, -0.15) is 0 Å². The molecule has 1 aromatic carbocycles. The molecular weight excluding hydrogens is 263 g/mol. The van der Waals surface area contributed by atoms with Gasteiger partial charge in [-0.3, -0.25) is 4.57 Å². The summed E-state index contributed by atoms with van der Waals surface area (Å²) in [5.41, 5.74) is 1.96. The Morgan fingerprint density at radius 3 is 1.95 bits per heavy atom. The molecule has 1 atom stereocenters. The number of hydrogen-bond donors (Lipinski definition) is 0. The molecular formula is C14H23O4P. The molecule has 0 aliphatic rings. The van der Waals surface area contributed by atoms with Crippen LogP contribution in [0.1, 0.15) is 37.7 Å². The van der Waals surface area contributed by atoms with Gasteiger partial charge in [0, 0.05) is 6.61 Å². The minimum absolute atomic E-state index is 0.326. The first-order valence-electron chi connectivity index (χ1n) is 6.64. The maximum absolute atomic E-state index is 12.8. The van der Waals surface area contributed by atoms with Crippen LogP contribution < -0.4 is 0 Å². The zero-order chi connectivity index (χ0) is 14.3. The van der Waals surface area contributed by atoms with Crippen molar-refractivity contribution in [1.29, 1.82) is 0 Å². The van der Waals surface area contributed by atoms with E-state index < -0.39 is 13.4 Å². The van der Waals surface area contributed by atoms with Crippen LogP contribution in [0.2, 0.25) is 0 Å². The van der Waals surface area contributed by atoms with E-state index in [1.807, 2.05) is 38.1 Å². The monoisotopic (exact) mass is 286 g/mol. The molecule has 1 aromatic rings. The van der Waals surface area contributed by atoms with Crippen molar-refractivity contribution in [2.24, 2.45) is 0 Å². The highest BCUT2D eigenvalue weighted by molar-refractivity contribution is 7.54. The summed E-state index contributed by atoms with van der Waals surface area (Å²) in [6, 6.07) is 7.73. The lowest BCUT2D eigenvalue weighted by Crippen LogP contribution is -2.10. The third kappa shape index (κ3) is 4.43. The molecule has 0 bridgehead atoms. The molecule has 0 N–H and O–H groups in total. The second-order valence-corrected chi connectivity index (χ2v) is 6.16. The molecule has 0 aromatic heterocycles. The van der Waals surface area contributed by atoms with Gasteiger partial charge in [0.05, 0.1) is 13.2 Å². The van der Waals surface area contributed by atoms with Crippen LogP contribution in [0.25, 0.3) is 0 Å². The summed E-state index contributed by atoms with van der Waals surface area (Å²) >= 11 is 0. The molecule has 0 spiro atoms. The average molecular weight is 286 g/mol. The van der Waals surface area contributed by atoms with Crippen molar-refractivity contribution in [3.8, 4) is 0 Å². The van der Waals surface area contributed by atoms with Crippen molar-refractivity contribution < 1.29 is 18.3 Å². The lowest BCUT2D eigenvalue weighted by atomic mass is 10.2. The van der Waals surface area contributed by atoms with Crippen LogP contribution in [0.4, 0.5) is 0 Å². The Kier molecular flexibility index (Phi) is 6.73. The zero-order valence-electron chi connectivity index (χ0n) is 12.1. The molecule has 0 radical (unpaired) electrons. The highest BCUT2D eigenvalue weighted by Crippen LogP contribution is 2.61. The molecule has 0 saturated heterocycles. The zero-order valence-corrected chi connectivity index (χ0v) is 13.0. The molecule has 0 unspecified atom stereocenters. The Morgan fingerprint density at radius 1 is 1.00 bits per heavy atom. The number of aryl methyl sites for hydroxylation is 1. The van der Waals surface area contributed by atoms with E-state index >= 15 is 0 Å². The van der Waals surface area contributed by atoms with Gasteiger partial charge in [-0.05, 0) is 33.3 Å². The summed E-state index contributed by atoms with van der Waals surface area (Å²) in [5.74, 6) is -0.669. The van der Waals surface area contributed by atoms with E-state index in [1.165, 1.54) is 0 Å². The van der Waals surface area contributed by atoms with E-state index in [0.29, 0.717) is 19.8 Å². The molecule has 5 heteroatoms. The summed E-state index contributed by atoms with van der Waals surface area (Å²) in [7, 11) is -3.31. The quantitative estimate of drug-likeness (QED) is 0.668. The van der Waals surface area contributed by atoms with Crippen LogP contribution in [0.15, 0.2) is 24.3 Å². The highest BCUT2D eigenvalue weighted by atomic mass is 31.2. The maximum Gasteiger partial charge on any atom is 0.363 e. The Hall–Kier alpha value is -0.670. The Balaban J connectivity index is 3.09. The molecule has 0 fully saturated rings. The van der Waals surface area contributed by atoms with E-state index in [1.54, 1.807) is 13.8 Å². The largest absolute Gasteiger partial charge is 0.363 e. The lowest BCUT2D eigenvalue weighted by Gasteiger charge is -2.26. The third-order valence-corrected chi connectivity index (χ3v) is 4.85. The first-order valence-corrected chi connectivity index (χ1v) is 8.25. The number of ether oxygens (including phenoxy) is 1. The van der Waals surface area contributed by atoms with Crippen LogP contribution in [-0.4, -0.2) is 19.8 Å². The first-order chi connectivity index (χ1) is 9.07. The van der Waals surface area contributed by atoms with Gasteiger partial charge in [0.25, 0.3) is 0 Å². The molecule has 0 aliphatic carbocycles. The van der Waals surface area contributed by atoms with E-state index in [0.717, 1.165) is 11.1 Å². The van der Waals surface area contributed by atoms with Crippen LogP contribution in [0.3, 0.4) is 0 Å². The molecule has 0 aliphatic heterocycles. The average Bonchev–Trinajstić information content (AvgIpc) is 2.38. The third-order valence-electron chi connectivity index (χ3n) is 2.59. The summed E-state index contributed by atoms with van der Waals surface area (Å²) in [4.78, 5) is 0. The van der Waals surface area contributed by atoms with Gasteiger partial charge in [-0.25, -0.2) is 0 Å². The van der Waals surface area contributed by atoms with Crippen LogP contribution >= 0.6 is 7.60 Å². The van der Waals surface area contributed by atoms with Gasteiger partial charge in [-0.15, -0.1) is 0 Å². The maximum atomic E-state index is 12.8. The van der Waals surface area contributed by atoms with Gasteiger partial charge < -0.3 is 13.8 Å². The topological polar surface area (TPSA) is 44.8 Å². The van der Waals surface area contributed by atoms with Crippen molar-refractivity contribution in [3.63, 3.8) is 0 Å². The Labute approximate surface area is 115 Å². The first kappa shape index (κ1) is 16.4. The molecule has 0 amide bonds. The predicted molar refractivity (Wildman–Crippen MR) is 76.4 cm³/mol. The predicted octanol–water partition coefficient (Wildman–Crippen LogP) is 4.30. The highest BCUT2D eigenvalue weighted by Gasteiger charge is 2.37. The summed E-state index contributed by atoms with van der Waals surface area (Å²) in [6.45, 7) is 8.56. The van der Waals surface area contributed by atoms with Gasteiger partial charge in [0.2, 0.25) is 0 Å². The summed E-state index contributed by atoms with van der Waals surface area (Å²) in [5, 5.41) is 0.